The second kappa shape index (κ2) is 5.23. The third kappa shape index (κ3) is 2.24. The van der Waals surface area contributed by atoms with Crippen molar-refractivity contribution in [3.05, 3.63) is 30.5 Å². The highest BCUT2D eigenvalue weighted by Gasteiger charge is 2.14. The SMILES string of the molecule is CC(C)N(CCO)c1ccc(N)c2ncccc12. The van der Waals surface area contributed by atoms with Crippen LogP contribution in [0.2, 0.25) is 0 Å². The Morgan fingerprint density at radius 3 is 2.78 bits per heavy atom. The van der Waals surface area contributed by atoms with Crippen molar-refractivity contribution in [3.63, 3.8) is 0 Å². The minimum atomic E-state index is 0.129. The lowest BCUT2D eigenvalue weighted by Gasteiger charge is -2.29. The number of nitrogen functional groups attached to an aromatic ring is 1. The molecule has 0 unspecified atom stereocenters. The van der Waals surface area contributed by atoms with E-state index in [1.165, 1.54) is 0 Å². The van der Waals surface area contributed by atoms with E-state index in [4.69, 9.17) is 5.73 Å². The summed E-state index contributed by atoms with van der Waals surface area (Å²) in [4.78, 5) is 6.49. The van der Waals surface area contributed by atoms with Gasteiger partial charge >= 0.3 is 0 Å². The molecule has 1 aromatic carbocycles. The smallest absolute Gasteiger partial charge is 0.0951 e. The third-order valence-corrected chi connectivity index (χ3v) is 3.05. The summed E-state index contributed by atoms with van der Waals surface area (Å²) in [6.07, 6.45) is 1.74. The molecule has 2 rings (SSSR count). The van der Waals surface area contributed by atoms with Crippen molar-refractivity contribution in [2.45, 2.75) is 19.9 Å². The zero-order chi connectivity index (χ0) is 13.1. The molecule has 2 aromatic rings. The summed E-state index contributed by atoms with van der Waals surface area (Å²) in [7, 11) is 0. The van der Waals surface area contributed by atoms with E-state index < -0.39 is 0 Å². The first-order valence-corrected chi connectivity index (χ1v) is 6.16. The van der Waals surface area contributed by atoms with E-state index >= 15 is 0 Å². The number of hydrogen-bond acceptors (Lipinski definition) is 4. The van der Waals surface area contributed by atoms with Crippen molar-refractivity contribution >= 4 is 22.3 Å². The van der Waals surface area contributed by atoms with Gasteiger partial charge in [0.15, 0.2) is 0 Å². The molecule has 3 N–H and O–H groups in total. The van der Waals surface area contributed by atoms with Crippen LogP contribution in [-0.4, -0.2) is 29.3 Å². The lowest BCUT2D eigenvalue weighted by atomic mass is 10.1. The number of anilines is 2. The minimum Gasteiger partial charge on any atom is -0.397 e. The molecule has 4 nitrogen and oxygen atoms in total. The van der Waals surface area contributed by atoms with Gasteiger partial charge in [0.25, 0.3) is 0 Å². The van der Waals surface area contributed by atoms with E-state index in [1.807, 2.05) is 24.3 Å². The molecule has 18 heavy (non-hydrogen) atoms. The zero-order valence-electron chi connectivity index (χ0n) is 10.8. The monoisotopic (exact) mass is 245 g/mol. The van der Waals surface area contributed by atoms with E-state index in [-0.39, 0.29) is 6.61 Å². The fourth-order valence-electron chi connectivity index (χ4n) is 2.19. The molecule has 0 spiro atoms. The molecule has 1 heterocycles. The van der Waals surface area contributed by atoms with E-state index in [9.17, 15) is 5.11 Å². The number of fused-ring (bicyclic) bond motifs is 1. The van der Waals surface area contributed by atoms with Crippen LogP contribution < -0.4 is 10.6 Å². The van der Waals surface area contributed by atoms with Gasteiger partial charge in [0.1, 0.15) is 0 Å². The highest BCUT2D eigenvalue weighted by Crippen LogP contribution is 2.30. The minimum absolute atomic E-state index is 0.129. The highest BCUT2D eigenvalue weighted by atomic mass is 16.3. The van der Waals surface area contributed by atoms with Gasteiger partial charge in [-0.3, -0.25) is 4.98 Å². The molecule has 0 saturated carbocycles. The normalized spacial score (nSPS) is 11.1. The van der Waals surface area contributed by atoms with Crippen molar-refractivity contribution in [3.8, 4) is 0 Å². The number of hydrogen-bond donors (Lipinski definition) is 2. The van der Waals surface area contributed by atoms with Crippen LogP contribution in [0.4, 0.5) is 11.4 Å². The molecule has 0 aliphatic carbocycles. The molecule has 0 radical (unpaired) electrons. The molecule has 0 aliphatic heterocycles. The van der Waals surface area contributed by atoms with Crippen LogP contribution in [0, 0.1) is 0 Å². The number of pyridine rings is 1. The summed E-state index contributed by atoms with van der Waals surface area (Å²) in [6, 6.07) is 8.10. The molecule has 0 saturated heterocycles. The van der Waals surface area contributed by atoms with E-state index in [0.29, 0.717) is 18.3 Å². The first kappa shape index (κ1) is 12.6. The Morgan fingerprint density at radius 1 is 1.33 bits per heavy atom. The predicted molar refractivity (Wildman–Crippen MR) is 75.7 cm³/mol. The van der Waals surface area contributed by atoms with Gasteiger partial charge in [-0.05, 0) is 38.1 Å². The summed E-state index contributed by atoms with van der Waals surface area (Å²) < 4.78 is 0. The van der Waals surface area contributed by atoms with Gasteiger partial charge in [0.05, 0.1) is 17.8 Å². The van der Waals surface area contributed by atoms with Crippen molar-refractivity contribution < 1.29 is 5.11 Å². The number of nitrogens with zero attached hydrogens (tertiary/aromatic N) is 2. The Kier molecular flexibility index (Phi) is 3.67. The second-order valence-corrected chi connectivity index (χ2v) is 4.58. The first-order valence-electron chi connectivity index (χ1n) is 6.16. The number of nitrogens with two attached hydrogens (primary N) is 1. The lowest BCUT2D eigenvalue weighted by Crippen LogP contribution is -2.33. The molecule has 4 heteroatoms. The van der Waals surface area contributed by atoms with Crippen LogP contribution >= 0.6 is 0 Å². The van der Waals surface area contributed by atoms with Crippen molar-refractivity contribution in [2.24, 2.45) is 0 Å². The van der Waals surface area contributed by atoms with Crippen LogP contribution in [0.3, 0.4) is 0 Å². The summed E-state index contributed by atoms with van der Waals surface area (Å²) in [5.74, 6) is 0. The van der Waals surface area contributed by atoms with Gasteiger partial charge < -0.3 is 15.7 Å². The number of rotatable bonds is 4. The Balaban J connectivity index is 2.59. The van der Waals surface area contributed by atoms with Crippen molar-refractivity contribution in [2.75, 3.05) is 23.8 Å². The number of benzene rings is 1. The van der Waals surface area contributed by atoms with E-state index in [0.717, 1.165) is 16.6 Å². The maximum Gasteiger partial charge on any atom is 0.0951 e. The molecular formula is C14H19N3O. The zero-order valence-corrected chi connectivity index (χ0v) is 10.8. The molecule has 96 valence electrons. The third-order valence-electron chi connectivity index (χ3n) is 3.05. The number of aromatic nitrogens is 1. The quantitative estimate of drug-likeness (QED) is 0.809. The first-order chi connectivity index (χ1) is 8.65. The molecule has 0 bridgehead atoms. The summed E-state index contributed by atoms with van der Waals surface area (Å²) in [5.41, 5.74) is 8.51. The van der Waals surface area contributed by atoms with Crippen molar-refractivity contribution in [1.82, 2.24) is 4.98 Å². The highest BCUT2D eigenvalue weighted by molar-refractivity contribution is 5.98. The Morgan fingerprint density at radius 2 is 2.11 bits per heavy atom. The van der Waals surface area contributed by atoms with Gasteiger partial charge in [-0.1, -0.05) is 0 Å². The molecule has 0 amide bonds. The maximum atomic E-state index is 9.19. The van der Waals surface area contributed by atoms with Gasteiger partial charge in [-0.2, -0.15) is 0 Å². The molecular weight excluding hydrogens is 226 g/mol. The topological polar surface area (TPSA) is 62.4 Å². The van der Waals surface area contributed by atoms with Crippen LogP contribution in [-0.2, 0) is 0 Å². The van der Waals surface area contributed by atoms with Gasteiger partial charge in [0, 0.05) is 29.9 Å². The Labute approximate surface area is 107 Å². The summed E-state index contributed by atoms with van der Waals surface area (Å²) >= 11 is 0. The molecule has 0 fully saturated rings. The van der Waals surface area contributed by atoms with Crippen LogP contribution in [0.1, 0.15) is 13.8 Å². The Hall–Kier alpha value is -1.81. The summed E-state index contributed by atoms with van der Waals surface area (Å²) in [6.45, 7) is 4.94. The largest absolute Gasteiger partial charge is 0.397 e. The van der Waals surface area contributed by atoms with E-state index in [2.05, 4.69) is 23.7 Å². The van der Waals surface area contributed by atoms with Crippen LogP contribution in [0.25, 0.3) is 10.9 Å². The second-order valence-electron chi connectivity index (χ2n) is 4.58. The maximum absolute atomic E-state index is 9.19. The number of aliphatic hydroxyl groups excluding tert-OH is 1. The fraction of sp³-hybridized carbons (Fsp3) is 0.357. The molecule has 1 aromatic heterocycles. The van der Waals surface area contributed by atoms with Gasteiger partial charge in [0.2, 0.25) is 0 Å². The molecule has 0 atom stereocenters. The number of aliphatic hydroxyl groups is 1. The average molecular weight is 245 g/mol. The van der Waals surface area contributed by atoms with E-state index in [1.54, 1.807) is 6.20 Å². The van der Waals surface area contributed by atoms with Crippen molar-refractivity contribution in [1.29, 1.82) is 0 Å². The van der Waals surface area contributed by atoms with Crippen LogP contribution in [0.15, 0.2) is 30.5 Å². The average Bonchev–Trinajstić information content (AvgIpc) is 2.37. The van der Waals surface area contributed by atoms with Crippen LogP contribution in [0.5, 0.6) is 0 Å². The van der Waals surface area contributed by atoms with Gasteiger partial charge in [-0.15, -0.1) is 0 Å². The van der Waals surface area contributed by atoms with Gasteiger partial charge in [-0.25, -0.2) is 0 Å². The fourth-order valence-corrected chi connectivity index (χ4v) is 2.19. The predicted octanol–water partition coefficient (Wildman–Crippen LogP) is 2.02. The standard InChI is InChI=1S/C14H19N3O/c1-10(2)17(8-9-18)13-6-5-12(15)14-11(13)4-3-7-16-14/h3-7,10,18H,8-9,15H2,1-2H3. The Bertz CT molecular complexity index is 540. The summed E-state index contributed by atoms with van der Waals surface area (Å²) in [5, 5.41) is 10.2. The lowest BCUT2D eigenvalue weighted by molar-refractivity contribution is 0.299. The molecule has 0 aliphatic rings.